The summed E-state index contributed by atoms with van der Waals surface area (Å²) < 4.78 is 6.03. The highest BCUT2D eigenvalue weighted by Gasteiger charge is 2.37. The van der Waals surface area contributed by atoms with Gasteiger partial charge in [0.25, 0.3) is 0 Å². The van der Waals surface area contributed by atoms with Gasteiger partial charge in [-0.15, -0.1) is 0 Å². The summed E-state index contributed by atoms with van der Waals surface area (Å²) in [4.78, 5) is 11.2. The fourth-order valence-electron chi connectivity index (χ4n) is 4.83. The van der Waals surface area contributed by atoms with Gasteiger partial charge < -0.3 is 14.6 Å². The summed E-state index contributed by atoms with van der Waals surface area (Å²) in [6.45, 7) is 12.1. The molecule has 0 saturated heterocycles. The molecule has 0 aliphatic heterocycles. The topological polar surface area (TPSA) is 49.4 Å². The predicted octanol–water partition coefficient (Wildman–Crippen LogP) is 6.52. The average Bonchev–Trinajstić information content (AvgIpc) is 2.80. The van der Waals surface area contributed by atoms with Crippen LogP contribution in [0.25, 0.3) is 22.3 Å². The van der Waals surface area contributed by atoms with E-state index in [4.69, 9.17) is 4.74 Å². The summed E-state index contributed by atoms with van der Waals surface area (Å²) in [5, 5.41) is 11.2. The molecule has 3 heteroatoms. The van der Waals surface area contributed by atoms with Crippen molar-refractivity contribution >= 4 is 5.97 Å². The third-order valence-electron chi connectivity index (χ3n) is 7.06. The minimum absolute atomic E-state index is 0.147. The van der Waals surface area contributed by atoms with Crippen molar-refractivity contribution in [1.82, 2.24) is 0 Å². The van der Waals surface area contributed by atoms with Crippen LogP contribution in [-0.4, -0.2) is 12.6 Å². The van der Waals surface area contributed by atoms with Crippen molar-refractivity contribution in [3.05, 3.63) is 77.4 Å². The molecule has 0 aromatic heterocycles. The third kappa shape index (κ3) is 4.55. The molecular formula is C30H33O3-. The maximum absolute atomic E-state index is 11.2. The number of hydrogen-bond donors (Lipinski definition) is 0. The van der Waals surface area contributed by atoms with Gasteiger partial charge in [0.1, 0.15) is 5.75 Å². The number of rotatable bonds is 6. The Morgan fingerprint density at radius 2 is 1.39 bits per heavy atom. The van der Waals surface area contributed by atoms with Crippen molar-refractivity contribution in [2.45, 2.75) is 64.7 Å². The number of benzene rings is 3. The summed E-state index contributed by atoms with van der Waals surface area (Å²) in [6.07, 6.45) is 3.29. The van der Waals surface area contributed by atoms with Gasteiger partial charge in [0.2, 0.25) is 0 Å². The average molecular weight is 442 g/mol. The Hall–Kier alpha value is -3.07. The molecule has 3 nitrogen and oxygen atoms in total. The lowest BCUT2D eigenvalue weighted by atomic mass is 9.63. The van der Waals surface area contributed by atoms with Crippen LogP contribution >= 0.6 is 0 Å². The van der Waals surface area contributed by atoms with Crippen molar-refractivity contribution in [2.24, 2.45) is 0 Å². The van der Waals surface area contributed by atoms with Crippen LogP contribution in [0.4, 0.5) is 0 Å². The van der Waals surface area contributed by atoms with Crippen molar-refractivity contribution in [2.75, 3.05) is 6.61 Å². The lowest BCUT2D eigenvalue weighted by Crippen LogP contribution is -2.33. The van der Waals surface area contributed by atoms with Crippen LogP contribution < -0.4 is 9.84 Å². The Bertz CT molecular complexity index is 1170. The van der Waals surface area contributed by atoms with E-state index in [1.807, 2.05) is 18.2 Å². The first kappa shape index (κ1) is 23.1. The van der Waals surface area contributed by atoms with Crippen molar-refractivity contribution in [1.29, 1.82) is 0 Å². The number of ether oxygens (including phenoxy) is 1. The molecule has 0 saturated carbocycles. The molecule has 0 amide bonds. The van der Waals surface area contributed by atoms with E-state index < -0.39 is 5.97 Å². The molecule has 0 heterocycles. The number of carbonyl (C=O) groups excluding carboxylic acids is 1. The second kappa shape index (κ2) is 8.70. The Morgan fingerprint density at radius 1 is 0.818 bits per heavy atom. The highest BCUT2D eigenvalue weighted by Crippen LogP contribution is 2.47. The van der Waals surface area contributed by atoms with Gasteiger partial charge >= 0.3 is 0 Å². The van der Waals surface area contributed by atoms with Gasteiger partial charge in [0, 0.05) is 5.56 Å². The minimum atomic E-state index is -1.17. The summed E-state index contributed by atoms with van der Waals surface area (Å²) >= 11 is 0. The minimum Gasteiger partial charge on any atom is -0.545 e. The van der Waals surface area contributed by atoms with Crippen molar-refractivity contribution in [3.63, 3.8) is 0 Å². The van der Waals surface area contributed by atoms with E-state index in [2.05, 4.69) is 65.0 Å². The first-order valence-corrected chi connectivity index (χ1v) is 11.9. The van der Waals surface area contributed by atoms with E-state index >= 15 is 0 Å². The highest BCUT2D eigenvalue weighted by molar-refractivity contribution is 5.87. The molecule has 4 rings (SSSR count). The van der Waals surface area contributed by atoms with Crippen molar-refractivity contribution in [3.8, 4) is 28.0 Å². The van der Waals surface area contributed by atoms with Gasteiger partial charge in [-0.1, -0.05) is 83.1 Å². The maximum Gasteiger partial charge on any atom is 0.127 e. The van der Waals surface area contributed by atoms with E-state index in [0.717, 1.165) is 28.9 Å². The molecule has 3 aromatic carbocycles. The van der Waals surface area contributed by atoms with Gasteiger partial charge in [-0.3, -0.25) is 0 Å². The zero-order valence-electron chi connectivity index (χ0n) is 20.3. The number of carbonyl (C=O) groups is 1. The number of hydrogen-bond acceptors (Lipinski definition) is 3. The first-order chi connectivity index (χ1) is 15.6. The fourth-order valence-corrected chi connectivity index (χ4v) is 4.83. The Labute approximate surface area is 197 Å². The van der Waals surface area contributed by atoms with Crippen LogP contribution in [0.2, 0.25) is 0 Å². The van der Waals surface area contributed by atoms with Crippen LogP contribution in [0.1, 0.15) is 75.4 Å². The van der Waals surface area contributed by atoms with E-state index in [1.165, 1.54) is 29.5 Å². The summed E-state index contributed by atoms with van der Waals surface area (Å²) in [6, 6.07) is 20.0. The quantitative estimate of drug-likeness (QED) is 0.437. The summed E-state index contributed by atoms with van der Waals surface area (Å²) in [5.74, 6) is -0.362. The SMILES string of the molecule is CCCOc1ccc(-c2ccc3c(c2)C(C)(C)CCC3(C)C)cc1-c1ccc(C(=O)[O-])cc1. The number of aromatic carboxylic acids is 1. The summed E-state index contributed by atoms with van der Waals surface area (Å²) in [5.41, 5.74) is 7.59. The van der Waals surface area contributed by atoms with Gasteiger partial charge in [0.15, 0.2) is 0 Å². The van der Waals surface area contributed by atoms with Crippen LogP contribution in [0.3, 0.4) is 0 Å². The lowest BCUT2D eigenvalue weighted by Gasteiger charge is -2.42. The second-order valence-corrected chi connectivity index (χ2v) is 10.5. The Kier molecular flexibility index (Phi) is 6.09. The standard InChI is InChI=1S/C30H34O3/c1-6-17-33-27-14-12-22(18-24(27)20-7-9-21(10-8-20)28(31)32)23-11-13-25-26(19-23)30(4,5)16-15-29(25,2)3/h7-14,18-19H,6,15-17H2,1-5H3,(H,31,32)/p-1. The van der Waals surface area contributed by atoms with Gasteiger partial charge in [-0.05, 0) is 75.6 Å². The Morgan fingerprint density at radius 3 is 2.03 bits per heavy atom. The molecule has 1 aliphatic rings. The van der Waals surface area contributed by atoms with Gasteiger partial charge in [-0.2, -0.15) is 0 Å². The number of carboxylic acid groups (broad SMARTS) is 1. The monoisotopic (exact) mass is 441 g/mol. The van der Waals surface area contributed by atoms with Crippen LogP contribution in [0.15, 0.2) is 60.7 Å². The zero-order valence-corrected chi connectivity index (χ0v) is 20.3. The molecule has 0 atom stereocenters. The lowest BCUT2D eigenvalue weighted by molar-refractivity contribution is -0.255. The van der Waals surface area contributed by atoms with E-state index in [0.29, 0.717) is 6.61 Å². The van der Waals surface area contributed by atoms with Crippen LogP contribution in [0.5, 0.6) is 5.75 Å². The fraction of sp³-hybridized carbons (Fsp3) is 0.367. The van der Waals surface area contributed by atoms with E-state index in [9.17, 15) is 9.90 Å². The van der Waals surface area contributed by atoms with Gasteiger partial charge in [-0.25, -0.2) is 0 Å². The van der Waals surface area contributed by atoms with Gasteiger partial charge in [0.05, 0.1) is 12.6 Å². The number of carboxylic acids is 1. The van der Waals surface area contributed by atoms with Crippen molar-refractivity contribution < 1.29 is 14.6 Å². The van der Waals surface area contributed by atoms with E-state index in [-0.39, 0.29) is 16.4 Å². The number of fused-ring (bicyclic) bond motifs is 1. The molecule has 1 aliphatic carbocycles. The maximum atomic E-state index is 11.2. The molecule has 0 fully saturated rings. The molecule has 3 aromatic rings. The van der Waals surface area contributed by atoms with E-state index in [1.54, 1.807) is 12.1 Å². The highest BCUT2D eigenvalue weighted by atomic mass is 16.5. The third-order valence-corrected chi connectivity index (χ3v) is 7.06. The second-order valence-electron chi connectivity index (χ2n) is 10.5. The van der Waals surface area contributed by atoms with Crippen LogP contribution in [0, 0.1) is 0 Å². The molecule has 172 valence electrons. The van der Waals surface area contributed by atoms with Crippen LogP contribution in [-0.2, 0) is 10.8 Å². The zero-order chi connectivity index (χ0) is 23.8. The predicted molar refractivity (Wildman–Crippen MR) is 133 cm³/mol. The molecule has 33 heavy (non-hydrogen) atoms. The molecule has 0 radical (unpaired) electrons. The largest absolute Gasteiger partial charge is 0.545 e. The first-order valence-electron chi connectivity index (χ1n) is 11.9. The summed E-state index contributed by atoms with van der Waals surface area (Å²) in [7, 11) is 0. The molecular weight excluding hydrogens is 408 g/mol. The molecule has 0 N–H and O–H groups in total. The smallest absolute Gasteiger partial charge is 0.127 e. The normalized spacial score (nSPS) is 16.2. The Balaban J connectivity index is 1.81. The molecule has 0 spiro atoms. The molecule has 0 bridgehead atoms. The molecule has 0 unspecified atom stereocenters.